The van der Waals surface area contributed by atoms with Gasteiger partial charge < -0.3 is 10.1 Å². The van der Waals surface area contributed by atoms with Crippen LogP contribution >= 0.6 is 0 Å². The number of alkyl halides is 3. The highest BCUT2D eigenvalue weighted by molar-refractivity contribution is 5.92. The van der Waals surface area contributed by atoms with Crippen LogP contribution in [-0.2, 0) is 10.9 Å². The number of halogens is 3. The number of amides is 1. The second-order valence-electron chi connectivity index (χ2n) is 5.85. The highest BCUT2D eigenvalue weighted by Crippen LogP contribution is 2.32. The molecule has 1 saturated heterocycles. The van der Waals surface area contributed by atoms with Crippen LogP contribution in [0.15, 0.2) is 48.5 Å². The molecule has 1 aliphatic rings. The minimum atomic E-state index is -4.67. The van der Waals surface area contributed by atoms with Gasteiger partial charge >= 0.3 is 12.3 Å². The average Bonchev–Trinajstić information content (AvgIpc) is 3.07. The molecule has 6 nitrogen and oxygen atoms in total. The summed E-state index contributed by atoms with van der Waals surface area (Å²) in [6.07, 6.45) is -5.12. The molecule has 1 N–H and O–H groups in total. The third-order valence-electron chi connectivity index (χ3n) is 4.04. The van der Waals surface area contributed by atoms with Gasteiger partial charge in [0.1, 0.15) is 12.4 Å². The predicted octanol–water partition coefficient (Wildman–Crippen LogP) is 4.35. The predicted molar refractivity (Wildman–Crippen MR) is 93.0 cm³/mol. The largest absolute Gasteiger partial charge is 0.451 e. The fourth-order valence-electron chi connectivity index (χ4n) is 2.81. The van der Waals surface area contributed by atoms with Crippen LogP contribution < -0.4 is 10.2 Å². The van der Waals surface area contributed by atoms with Gasteiger partial charge in [0.15, 0.2) is 0 Å². The number of para-hydroxylation sites is 1. The first-order chi connectivity index (χ1) is 12.9. The van der Waals surface area contributed by atoms with Crippen molar-refractivity contribution in [3.63, 3.8) is 0 Å². The highest BCUT2D eigenvalue weighted by Gasteiger charge is 2.35. The summed E-state index contributed by atoms with van der Waals surface area (Å²) in [7, 11) is 0. The van der Waals surface area contributed by atoms with Gasteiger partial charge in [0.05, 0.1) is 12.1 Å². The molecule has 2 heterocycles. The third-order valence-corrected chi connectivity index (χ3v) is 4.04. The van der Waals surface area contributed by atoms with Crippen molar-refractivity contribution in [2.75, 3.05) is 23.4 Å². The first-order valence-corrected chi connectivity index (χ1v) is 8.07. The minimum absolute atomic E-state index is 0.0362. The molecule has 3 aromatic rings. The maximum absolute atomic E-state index is 13.1. The second-order valence-corrected chi connectivity index (χ2v) is 5.85. The van der Waals surface area contributed by atoms with E-state index in [1.165, 1.54) is 11.0 Å². The lowest BCUT2D eigenvalue weighted by molar-refractivity contribution is -0.144. The van der Waals surface area contributed by atoms with Crippen LogP contribution in [0.25, 0.3) is 10.9 Å². The van der Waals surface area contributed by atoms with Gasteiger partial charge in [0.2, 0.25) is 5.82 Å². The molecule has 0 aliphatic carbocycles. The van der Waals surface area contributed by atoms with Crippen LogP contribution in [0.5, 0.6) is 0 Å². The van der Waals surface area contributed by atoms with Crippen LogP contribution in [0.3, 0.4) is 0 Å². The van der Waals surface area contributed by atoms with Gasteiger partial charge in [-0.3, -0.25) is 4.90 Å². The van der Waals surface area contributed by atoms with Crippen LogP contribution in [0, 0.1) is 0 Å². The lowest BCUT2D eigenvalue weighted by Gasteiger charge is -2.15. The molecule has 1 fully saturated rings. The summed E-state index contributed by atoms with van der Waals surface area (Å²) < 4.78 is 44.3. The summed E-state index contributed by atoms with van der Waals surface area (Å²) in [6.45, 7) is 0.707. The molecule has 4 rings (SSSR count). The Kier molecular flexibility index (Phi) is 4.06. The number of fused-ring (bicyclic) bond motifs is 1. The van der Waals surface area contributed by atoms with Crippen molar-refractivity contribution in [3.8, 4) is 0 Å². The molecule has 0 radical (unpaired) electrons. The number of nitrogens with one attached hydrogen (secondary N) is 1. The number of anilines is 3. The molecule has 1 amide bonds. The Morgan fingerprint density at radius 2 is 1.89 bits per heavy atom. The van der Waals surface area contributed by atoms with E-state index in [0.717, 1.165) is 0 Å². The number of cyclic esters (lactones) is 1. The molecule has 0 spiro atoms. The zero-order valence-corrected chi connectivity index (χ0v) is 13.8. The number of benzene rings is 2. The number of rotatable bonds is 3. The molecule has 138 valence electrons. The van der Waals surface area contributed by atoms with Gasteiger partial charge in [-0.25, -0.2) is 14.8 Å². The summed E-state index contributed by atoms with van der Waals surface area (Å²) in [4.78, 5) is 20.4. The number of nitrogens with zero attached hydrogens (tertiary/aromatic N) is 3. The van der Waals surface area contributed by atoms with E-state index in [9.17, 15) is 18.0 Å². The Morgan fingerprint density at radius 3 is 2.63 bits per heavy atom. The lowest BCUT2D eigenvalue weighted by atomic mass is 10.2. The summed E-state index contributed by atoms with van der Waals surface area (Å²) in [5, 5.41) is 3.36. The number of carbonyl (C=O) groups excluding carboxylic acids is 1. The van der Waals surface area contributed by atoms with Crippen molar-refractivity contribution in [2.24, 2.45) is 0 Å². The van der Waals surface area contributed by atoms with E-state index >= 15 is 0 Å². The molecule has 1 aliphatic heterocycles. The molecule has 0 saturated carbocycles. The number of hydrogen-bond donors (Lipinski definition) is 1. The zero-order valence-electron chi connectivity index (χ0n) is 13.8. The molecule has 9 heteroatoms. The fraction of sp³-hybridized carbons (Fsp3) is 0.167. The van der Waals surface area contributed by atoms with E-state index in [0.29, 0.717) is 29.9 Å². The Labute approximate surface area is 151 Å². The van der Waals surface area contributed by atoms with Crippen molar-refractivity contribution in [3.05, 3.63) is 54.4 Å². The van der Waals surface area contributed by atoms with Crippen molar-refractivity contribution in [2.45, 2.75) is 6.18 Å². The Hall–Kier alpha value is -3.36. The van der Waals surface area contributed by atoms with E-state index in [2.05, 4.69) is 15.3 Å². The van der Waals surface area contributed by atoms with Crippen LogP contribution in [0.4, 0.5) is 35.2 Å². The average molecular weight is 374 g/mol. The number of aromatic nitrogens is 2. The van der Waals surface area contributed by atoms with Gasteiger partial charge in [0.25, 0.3) is 0 Å². The second kappa shape index (κ2) is 6.42. The topological polar surface area (TPSA) is 67.3 Å². The Balaban J connectivity index is 1.74. The highest BCUT2D eigenvalue weighted by atomic mass is 19.4. The monoisotopic (exact) mass is 374 g/mol. The number of hydrogen-bond acceptors (Lipinski definition) is 5. The number of carbonyl (C=O) groups is 1. The van der Waals surface area contributed by atoms with Gasteiger partial charge in [-0.2, -0.15) is 13.2 Å². The SMILES string of the molecule is O=C1OCCN1c1cccc(Nc2nc(C(F)(F)F)nc3ccccc23)c1. The molecule has 0 atom stereocenters. The van der Waals surface area contributed by atoms with E-state index in [1.54, 1.807) is 42.5 Å². The number of ether oxygens (including phenoxy) is 1. The summed E-state index contributed by atoms with van der Waals surface area (Å²) in [5.41, 5.74) is 1.25. The van der Waals surface area contributed by atoms with Crippen molar-refractivity contribution in [1.82, 2.24) is 9.97 Å². The zero-order chi connectivity index (χ0) is 19.0. The summed E-state index contributed by atoms with van der Waals surface area (Å²) >= 11 is 0. The normalized spacial score (nSPS) is 14.5. The Morgan fingerprint density at radius 1 is 1.07 bits per heavy atom. The smallest absolute Gasteiger partial charge is 0.447 e. The van der Waals surface area contributed by atoms with Crippen molar-refractivity contribution >= 4 is 34.2 Å². The summed E-state index contributed by atoms with van der Waals surface area (Å²) in [5.74, 6) is -1.18. The van der Waals surface area contributed by atoms with Crippen LogP contribution in [0.2, 0.25) is 0 Å². The summed E-state index contributed by atoms with van der Waals surface area (Å²) in [6, 6.07) is 13.2. The van der Waals surface area contributed by atoms with Crippen LogP contribution in [-0.4, -0.2) is 29.2 Å². The first-order valence-electron chi connectivity index (χ1n) is 8.07. The van der Waals surface area contributed by atoms with Crippen molar-refractivity contribution < 1.29 is 22.7 Å². The molecular formula is C18H13F3N4O2. The third kappa shape index (κ3) is 3.35. The lowest BCUT2D eigenvalue weighted by Crippen LogP contribution is -2.23. The fourth-order valence-corrected chi connectivity index (χ4v) is 2.81. The molecule has 0 bridgehead atoms. The maximum atomic E-state index is 13.1. The first kappa shape index (κ1) is 17.1. The van der Waals surface area contributed by atoms with Gasteiger partial charge in [-0.1, -0.05) is 18.2 Å². The standard InChI is InChI=1S/C18H13F3N4O2/c19-18(20,21)16-23-14-7-2-1-6-13(14)15(24-16)22-11-4-3-5-12(10-11)25-8-9-27-17(25)26/h1-7,10H,8-9H2,(H,22,23,24). The molecular weight excluding hydrogens is 361 g/mol. The Bertz CT molecular complexity index is 1020. The van der Waals surface area contributed by atoms with E-state index in [1.807, 2.05) is 0 Å². The van der Waals surface area contributed by atoms with E-state index in [4.69, 9.17) is 4.74 Å². The molecule has 1 aromatic heterocycles. The minimum Gasteiger partial charge on any atom is -0.447 e. The molecule has 0 unspecified atom stereocenters. The molecule has 27 heavy (non-hydrogen) atoms. The van der Waals surface area contributed by atoms with Crippen LogP contribution in [0.1, 0.15) is 5.82 Å². The van der Waals surface area contributed by atoms with E-state index < -0.39 is 18.1 Å². The van der Waals surface area contributed by atoms with Gasteiger partial charge in [0, 0.05) is 16.8 Å². The van der Waals surface area contributed by atoms with Gasteiger partial charge in [-0.05, 0) is 30.3 Å². The van der Waals surface area contributed by atoms with Crippen molar-refractivity contribution in [1.29, 1.82) is 0 Å². The maximum Gasteiger partial charge on any atom is 0.451 e. The quantitative estimate of drug-likeness (QED) is 0.738. The van der Waals surface area contributed by atoms with E-state index in [-0.39, 0.29) is 11.3 Å². The molecule has 2 aromatic carbocycles. The van der Waals surface area contributed by atoms with Gasteiger partial charge in [-0.15, -0.1) is 0 Å².